The quantitative estimate of drug-likeness (QED) is 0.651. The van der Waals surface area contributed by atoms with Crippen LogP contribution in [0.4, 0.5) is 0 Å². The molecule has 2 heteroatoms. The van der Waals surface area contributed by atoms with Gasteiger partial charge in [-0.3, -0.25) is 4.79 Å². The summed E-state index contributed by atoms with van der Waals surface area (Å²) < 4.78 is 0. The smallest absolute Gasteiger partial charge is 0.161 e. The maximum Gasteiger partial charge on any atom is 0.161 e. The second-order valence-corrected chi connectivity index (χ2v) is 6.07. The first-order chi connectivity index (χ1) is 6.70. The van der Waals surface area contributed by atoms with Crippen molar-refractivity contribution in [3.05, 3.63) is 11.6 Å². The summed E-state index contributed by atoms with van der Waals surface area (Å²) in [7, 11) is 0. The van der Waals surface area contributed by atoms with Crippen LogP contribution in [-0.4, -0.2) is 16.3 Å². The first-order valence-corrected chi connectivity index (χ1v) is 6.47. The average molecular weight is 210 g/mol. The van der Waals surface area contributed by atoms with Gasteiger partial charge < -0.3 is 0 Å². The van der Waals surface area contributed by atoms with Crippen LogP contribution < -0.4 is 0 Å². The van der Waals surface area contributed by atoms with Crippen LogP contribution in [0.15, 0.2) is 11.6 Å². The molecular formula is C12H18OS. The summed E-state index contributed by atoms with van der Waals surface area (Å²) in [5.74, 6) is 0.745. The third kappa shape index (κ3) is 1.90. The zero-order valence-electron chi connectivity index (χ0n) is 8.95. The summed E-state index contributed by atoms with van der Waals surface area (Å²) in [6.07, 6.45) is 6.89. The van der Waals surface area contributed by atoms with Crippen LogP contribution in [0.5, 0.6) is 0 Å². The minimum atomic E-state index is 0.338. The fraction of sp³-hybridized carbons (Fsp3) is 0.750. The minimum Gasteiger partial charge on any atom is -0.294 e. The summed E-state index contributed by atoms with van der Waals surface area (Å²) in [4.78, 5) is 12.0. The van der Waals surface area contributed by atoms with Gasteiger partial charge in [0.15, 0.2) is 5.78 Å². The molecule has 2 saturated heterocycles. The van der Waals surface area contributed by atoms with Gasteiger partial charge in [-0.1, -0.05) is 6.08 Å². The summed E-state index contributed by atoms with van der Waals surface area (Å²) in [6, 6.07) is 0. The Morgan fingerprint density at radius 2 is 1.86 bits per heavy atom. The van der Waals surface area contributed by atoms with Crippen molar-refractivity contribution in [1.82, 2.24) is 0 Å². The summed E-state index contributed by atoms with van der Waals surface area (Å²) in [5, 5.41) is 1.57. The second kappa shape index (κ2) is 4.09. The van der Waals surface area contributed by atoms with Gasteiger partial charge in [-0.05, 0) is 45.1 Å². The molecule has 2 aliphatic rings. The third-order valence-corrected chi connectivity index (χ3v) is 5.11. The Labute approximate surface area is 90.3 Å². The predicted octanol–water partition coefficient (Wildman–Crippen LogP) is 3.20. The highest BCUT2D eigenvalue weighted by molar-refractivity contribution is 8.00. The maximum atomic E-state index is 12.0. The predicted molar refractivity (Wildman–Crippen MR) is 61.6 cm³/mol. The van der Waals surface area contributed by atoms with Crippen molar-refractivity contribution in [2.24, 2.45) is 5.92 Å². The molecule has 0 amide bonds. The van der Waals surface area contributed by atoms with Crippen molar-refractivity contribution in [3.8, 4) is 0 Å². The first-order valence-electron chi connectivity index (χ1n) is 5.53. The van der Waals surface area contributed by atoms with Crippen LogP contribution >= 0.6 is 11.8 Å². The zero-order valence-corrected chi connectivity index (χ0v) is 9.77. The second-order valence-electron chi connectivity index (χ2n) is 4.46. The van der Waals surface area contributed by atoms with E-state index in [-0.39, 0.29) is 0 Å². The van der Waals surface area contributed by atoms with E-state index < -0.39 is 0 Å². The van der Waals surface area contributed by atoms with Crippen molar-refractivity contribution in [3.63, 3.8) is 0 Å². The molecule has 1 nitrogen and oxygen atoms in total. The molecule has 2 rings (SSSR count). The topological polar surface area (TPSA) is 17.1 Å². The lowest BCUT2D eigenvalue weighted by Gasteiger charge is -2.26. The largest absolute Gasteiger partial charge is 0.294 e. The molecular weight excluding hydrogens is 192 g/mol. The molecule has 14 heavy (non-hydrogen) atoms. The summed E-state index contributed by atoms with van der Waals surface area (Å²) >= 11 is 2.12. The van der Waals surface area contributed by atoms with E-state index in [1.165, 1.54) is 12.8 Å². The number of carbonyl (C=O) groups is 1. The molecule has 2 fully saturated rings. The number of carbonyl (C=O) groups excluding carboxylic acids is 1. The van der Waals surface area contributed by atoms with Gasteiger partial charge in [0.2, 0.25) is 0 Å². The average Bonchev–Trinajstić information content (AvgIpc) is 2.55. The minimum absolute atomic E-state index is 0.338. The van der Waals surface area contributed by atoms with E-state index in [0.717, 1.165) is 28.9 Å². The number of allylic oxidation sites excluding steroid dienone is 2. The highest BCUT2D eigenvalue weighted by Gasteiger charge is 2.37. The Hall–Kier alpha value is -0.240. The van der Waals surface area contributed by atoms with E-state index >= 15 is 0 Å². The summed E-state index contributed by atoms with van der Waals surface area (Å²) in [5.41, 5.74) is 0.960. The Bertz CT molecular complexity index is 257. The number of fused-ring (bicyclic) bond motifs is 2. The maximum absolute atomic E-state index is 12.0. The van der Waals surface area contributed by atoms with Gasteiger partial charge in [0, 0.05) is 16.4 Å². The molecule has 78 valence electrons. The van der Waals surface area contributed by atoms with Gasteiger partial charge in [-0.2, -0.15) is 11.8 Å². The number of thioether (sulfide) groups is 1. The molecule has 2 unspecified atom stereocenters. The fourth-order valence-corrected chi connectivity index (χ4v) is 4.31. The van der Waals surface area contributed by atoms with Crippen LogP contribution in [0.1, 0.15) is 39.5 Å². The van der Waals surface area contributed by atoms with Crippen molar-refractivity contribution < 1.29 is 4.79 Å². The lowest BCUT2D eigenvalue weighted by Crippen LogP contribution is -2.25. The number of hydrogen-bond acceptors (Lipinski definition) is 2. The monoisotopic (exact) mass is 210 g/mol. The summed E-state index contributed by atoms with van der Waals surface area (Å²) in [6.45, 7) is 3.91. The lowest BCUT2D eigenvalue weighted by molar-refractivity contribution is -0.119. The molecule has 2 heterocycles. The first kappa shape index (κ1) is 10.3. The van der Waals surface area contributed by atoms with Crippen LogP contribution in [-0.2, 0) is 4.79 Å². The van der Waals surface area contributed by atoms with E-state index in [0.29, 0.717) is 11.7 Å². The molecule has 2 bridgehead atoms. The van der Waals surface area contributed by atoms with Gasteiger partial charge in [-0.25, -0.2) is 0 Å². The van der Waals surface area contributed by atoms with Crippen molar-refractivity contribution in [1.29, 1.82) is 0 Å². The lowest BCUT2D eigenvalue weighted by atomic mass is 9.91. The highest BCUT2D eigenvalue weighted by Crippen LogP contribution is 2.46. The molecule has 0 aromatic heterocycles. The Kier molecular flexibility index (Phi) is 3.01. The van der Waals surface area contributed by atoms with Crippen LogP contribution in [0.2, 0.25) is 0 Å². The fourth-order valence-electron chi connectivity index (χ4n) is 2.54. The van der Waals surface area contributed by atoms with Crippen molar-refractivity contribution >= 4 is 17.5 Å². The van der Waals surface area contributed by atoms with Gasteiger partial charge in [0.25, 0.3) is 0 Å². The molecule has 0 radical (unpaired) electrons. The van der Waals surface area contributed by atoms with Crippen molar-refractivity contribution in [2.75, 3.05) is 0 Å². The van der Waals surface area contributed by atoms with Crippen molar-refractivity contribution in [2.45, 2.75) is 50.0 Å². The van der Waals surface area contributed by atoms with E-state index in [1.54, 1.807) is 0 Å². The number of hydrogen-bond donors (Lipinski definition) is 0. The number of Topliss-reactive ketones (excluding diaryl/α,β-unsaturated/α-hetero) is 1. The van der Waals surface area contributed by atoms with E-state index in [1.807, 2.05) is 19.9 Å². The zero-order chi connectivity index (χ0) is 10.1. The molecule has 0 N–H and O–H groups in total. The molecule has 0 aromatic rings. The molecule has 0 aromatic carbocycles. The number of rotatable bonds is 2. The van der Waals surface area contributed by atoms with E-state index in [2.05, 4.69) is 11.8 Å². The standard InChI is InChI=1S/C12H18OS/c1-3-8(2)12(13)9-6-10-4-5-11(7-9)14-10/h3,9-11H,4-7H2,1-2H3. The van der Waals surface area contributed by atoms with Gasteiger partial charge in [-0.15, -0.1) is 0 Å². The normalized spacial score (nSPS) is 37.3. The third-order valence-electron chi connectivity index (χ3n) is 3.48. The SMILES string of the molecule is CC=C(C)C(=O)C1CC2CCC(C1)S2. The Morgan fingerprint density at radius 1 is 1.29 bits per heavy atom. The molecule has 2 atom stereocenters. The highest BCUT2D eigenvalue weighted by atomic mass is 32.2. The van der Waals surface area contributed by atoms with Gasteiger partial charge in [0.05, 0.1) is 0 Å². The van der Waals surface area contributed by atoms with Gasteiger partial charge in [0.1, 0.15) is 0 Å². The van der Waals surface area contributed by atoms with E-state index in [9.17, 15) is 4.79 Å². The molecule has 0 aliphatic carbocycles. The van der Waals surface area contributed by atoms with Crippen LogP contribution in [0, 0.1) is 5.92 Å². The Balaban J connectivity index is 2.03. The Morgan fingerprint density at radius 3 is 2.36 bits per heavy atom. The van der Waals surface area contributed by atoms with Crippen LogP contribution in [0.3, 0.4) is 0 Å². The molecule has 2 aliphatic heterocycles. The van der Waals surface area contributed by atoms with Gasteiger partial charge >= 0.3 is 0 Å². The van der Waals surface area contributed by atoms with E-state index in [4.69, 9.17) is 0 Å². The molecule has 0 saturated carbocycles. The molecule has 0 spiro atoms. The van der Waals surface area contributed by atoms with Crippen LogP contribution in [0.25, 0.3) is 0 Å². The number of ketones is 1.